The molecule has 2 heteroatoms. The molecule has 0 amide bonds. The van der Waals surface area contributed by atoms with Gasteiger partial charge in [-0.1, -0.05) is 18.2 Å². The van der Waals surface area contributed by atoms with Gasteiger partial charge in [-0.15, -0.1) is 0 Å². The van der Waals surface area contributed by atoms with Crippen LogP contribution in [-0.4, -0.2) is 10.1 Å². The lowest BCUT2D eigenvalue weighted by Gasteiger charge is -2.25. The minimum Gasteiger partial charge on any atom is -0.508 e. The first-order valence-corrected chi connectivity index (χ1v) is 6.07. The monoisotopic (exact) mass is 225 g/mol. The number of fused-ring (bicyclic) bond motifs is 1. The Labute approximate surface area is 101 Å². The van der Waals surface area contributed by atoms with E-state index in [9.17, 15) is 5.11 Å². The summed E-state index contributed by atoms with van der Waals surface area (Å²) in [7, 11) is 0. The molecule has 1 aliphatic carbocycles. The number of hydrogen-bond acceptors (Lipinski definition) is 2. The van der Waals surface area contributed by atoms with Crippen molar-refractivity contribution in [2.75, 3.05) is 0 Å². The summed E-state index contributed by atoms with van der Waals surface area (Å²) in [6, 6.07) is 9.74. The van der Waals surface area contributed by atoms with E-state index in [0.29, 0.717) is 11.7 Å². The van der Waals surface area contributed by atoms with E-state index < -0.39 is 0 Å². The second kappa shape index (κ2) is 4.21. The Hall–Kier alpha value is -1.83. The van der Waals surface area contributed by atoms with Crippen LogP contribution in [0.4, 0.5) is 0 Å². The van der Waals surface area contributed by atoms with Crippen molar-refractivity contribution in [1.29, 1.82) is 0 Å². The molecule has 0 fully saturated rings. The van der Waals surface area contributed by atoms with Gasteiger partial charge in [0, 0.05) is 23.9 Å². The van der Waals surface area contributed by atoms with Gasteiger partial charge in [0.05, 0.1) is 0 Å². The van der Waals surface area contributed by atoms with Gasteiger partial charge in [0.1, 0.15) is 5.75 Å². The molecule has 1 atom stereocenters. The first-order valence-electron chi connectivity index (χ1n) is 6.07. The third-order valence-electron chi connectivity index (χ3n) is 3.57. The van der Waals surface area contributed by atoms with Crippen LogP contribution in [-0.2, 0) is 6.42 Å². The molecule has 1 aliphatic rings. The molecule has 2 nitrogen and oxygen atoms in total. The van der Waals surface area contributed by atoms with Crippen molar-refractivity contribution in [3.8, 4) is 5.75 Å². The maximum atomic E-state index is 9.97. The molecule has 0 saturated heterocycles. The third kappa shape index (κ3) is 1.80. The first kappa shape index (κ1) is 10.3. The van der Waals surface area contributed by atoms with Crippen molar-refractivity contribution in [3.05, 3.63) is 59.4 Å². The lowest BCUT2D eigenvalue weighted by atomic mass is 9.79. The summed E-state index contributed by atoms with van der Waals surface area (Å²) in [5.74, 6) is 0.727. The fourth-order valence-electron chi connectivity index (χ4n) is 2.74. The van der Waals surface area contributed by atoms with Crippen LogP contribution in [0.5, 0.6) is 5.75 Å². The molecule has 1 aromatic heterocycles. The Kier molecular flexibility index (Phi) is 2.56. The van der Waals surface area contributed by atoms with Crippen LogP contribution in [0.25, 0.3) is 0 Å². The molecule has 1 aromatic carbocycles. The van der Waals surface area contributed by atoms with Crippen molar-refractivity contribution in [1.82, 2.24) is 4.98 Å². The van der Waals surface area contributed by atoms with Gasteiger partial charge in [0.15, 0.2) is 0 Å². The summed E-state index contributed by atoms with van der Waals surface area (Å²) >= 11 is 0. The Morgan fingerprint density at radius 2 is 2.00 bits per heavy atom. The predicted octanol–water partition coefficient (Wildman–Crippen LogP) is 3.26. The molecule has 0 radical (unpaired) electrons. The zero-order chi connectivity index (χ0) is 11.7. The quantitative estimate of drug-likeness (QED) is 0.808. The molecule has 1 N–H and O–H groups in total. The van der Waals surface area contributed by atoms with E-state index in [-0.39, 0.29) is 0 Å². The van der Waals surface area contributed by atoms with Gasteiger partial charge in [0.2, 0.25) is 0 Å². The van der Waals surface area contributed by atoms with Crippen LogP contribution in [0.15, 0.2) is 42.7 Å². The van der Waals surface area contributed by atoms with Gasteiger partial charge in [-0.3, -0.25) is 4.98 Å². The zero-order valence-electron chi connectivity index (χ0n) is 9.63. The van der Waals surface area contributed by atoms with Gasteiger partial charge in [-0.2, -0.15) is 0 Å². The molecule has 3 rings (SSSR count). The van der Waals surface area contributed by atoms with Crippen molar-refractivity contribution in [2.24, 2.45) is 0 Å². The number of phenols is 1. The molecule has 1 unspecified atom stereocenters. The topological polar surface area (TPSA) is 33.1 Å². The van der Waals surface area contributed by atoms with Gasteiger partial charge in [0.25, 0.3) is 0 Å². The smallest absolute Gasteiger partial charge is 0.119 e. The number of hydrogen-bond donors (Lipinski definition) is 1. The maximum absolute atomic E-state index is 9.97. The fourth-order valence-corrected chi connectivity index (χ4v) is 2.74. The summed E-state index contributed by atoms with van der Waals surface area (Å²) in [5.41, 5.74) is 3.69. The minimum absolute atomic E-state index is 0.322. The Bertz CT molecular complexity index is 536. The predicted molar refractivity (Wildman–Crippen MR) is 67.1 cm³/mol. The second-order valence-corrected chi connectivity index (χ2v) is 4.58. The van der Waals surface area contributed by atoms with Crippen molar-refractivity contribution < 1.29 is 5.11 Å². The number of aromatic nitrogens is 1. The largest absolute Gasteiger partial charge is 0.508 e. The van der Waals surface area contributed by atoms with Gasteiger partial charge in [-0.05, 0) is 42.5 Å². The SMILES string of the molecule is Oc1ccccc1C1CCCc2cnccc21. The van der Waals surface area contributed by atoms with Crippen LogP contribution >= 0.6 is 0 Å². The van der Waals surface area contributed by atoms with Crippen LogP contribution in [0.1, 0.15) is 35.4 Å². The molecule has 0 saturated carbocycles. The Morgan fingerprint density at radius 3 is 2.88 bits per heavy atom. The Balaban J connectivity index is 2.09. The molecule has 17 heavy (non-hydrogen) atoms. The number of aryl methyl sites for hydroxylation is 1. The number of benzene rings is 1. The van der Waals surface area contributed by atoms with Crippen LogP contribution in [0, 0.1) is 0 Å². The number of nitrogens with zero attached hydrogens (tertiary/aromatic N) is 1. The molecule has 0 spiro atoms. The van der Waals surface area contributed by atoms with E-state index in [1.54, 1.807) is 6.07 Å². The summed E-state index contributed by atoms with van der Waals surface area (Å²) in [5, 5.41) is 9.97. The number of para-hydroxylation sites is 1. The minimum atomic E-state index is 0.322. The standard InChI is InChI=1S/C15H15NO/c17-15-7-2-1-5-14(15)13-6-3-4-11-10-16-9-8-12(11)13/h1-2,5,7-10,13,17H,3-4,6H2. The molecule has 1 heterocycles. The summed E-state index contributed by atoms with van der Waals surface area (Å²) in [4.78, 5) is 4.19. The van der Waals surface area contributed by atoms with Crippen molar-refractivity contribution >= 4 is 0 Å². The number of aromatic hydroxyl groups is 1. The molecule has 0 aliphatic heterocycles. The number of rotatable bonds is 1. The summed E-state index contributed by atoms with van der Waals surface area (Å²) < 4.78 is 0. The zero-order valence-corrected chi connectivity index (χ0v) is 9.63. The maximum Gasteiger partial charge on any atom is 0.119 e. The molecule has 86 valence electrons. The summed E-state index contributed by atoms with van der Waals surface area (Å²) in [6.07, 6.45) is 7.18. The molecular formula is C15H15NO. The van der Waals surface area contributed by atoms with E-state index in [1.807, 2.05) is 30.6 Å². The van der Waals surface area contributed by atoms with Crippen LogP contribution in [0.2, 0.25) is 0 Å². The highest BCUT2D eigenvalue weighted by Gasteiger charge is 2.23. The normalized spacial score (nSPS) is 18.7. The van der Waals surface area contributed by atoms with E-state index in [2.05, 4.69) is 11.1 Å². The highest BCUT2D eigenvalue weighted by atomic mass is 16.3. The van der Waals surface area contributed by atoms with E-state index in [4.69, 9.17) is 0 Å². The van der Waals surface area contributed by atoms with Crippen molar-refractivity contribution in [2.45, 2.75) is 25.2 Å². The summed E-state index contributed by atoms with van der Waals surface area (Å²) in [6.45, 7) is 0. The third-order valence-corrected chi connectivity index (χ3v) is 3.57. The van der Waals surface area contributed by atoms with E-state index >= 15 is 0 Å². The second-order valence-electron chi connectivity index (χ2n) is 4.58. The molecule has 0 bridgehead atoms. The lowest BCUT2D eigenvalue weighted by Crippen LogP contribution is -2.11. The van der Waals surface area contributed by atoms with E-state index in [0.717, 1.165) is 24.8 Å². The van der Waals surface area contributed by atoms with Crippen LogP contribution < -0.4 is 0 Å². The highest BCUT2D eigenvalue weighted by molar-refractivity contribution is 5.44. The average Bonchev–Trinajstić information content (AvgIpc) is 2.39. The first-order chi connectivity index (χ1) is 8.36. The van der Waals surface area contributed by atoms with Crippen LogP contribution in [0.3, 0.4) is 0 Å². The van der Waals surface area contributed by atoms with Gasteiger partial charge >= 0.3 is 0 Å². The molecule has 2 aromatic rings. The van der Waals surface area contributed by atoms with Gasteiger partial charge < -0.3 is 5.11 Å². The lowest BCUT2D eigenvalue weighted by molar-refractivity contribution is 0.459. The average molecular weight is 225 g/mol. The van der Waals surface area contributed by atoms with Crippen molar-refractivity contribution in [3.63, 3.8) is 0 Å². The van der Waals surface area contributed by atoms with E-state index in [1.165, 1.54) is 11.1 Å². The molecular weight excluding hydrogens is 210 g/mol. The number of phenolic OH excluding ortho intramolecular Hbond substituents is 1. The van der Waals surface area contributed by atoms with Gasteiger partial charge in [-0.25, -0.2) is 0 Å². The number of pyridine rings is 1. The fraction of sp³-hybridized carbons (Fsp3) is 0.267. The Morgan fingerprint density at radius 1 is 1.12 bits per heavy atom. The highest BCUT2D eigenvalue weighted by Crippen LogP contribution is 2.39.